The topological polar surface area (TPSA) is 53.0 Å². The minimum Gasteiger partial charge on any atom is -0.393 e. The Morgan fingerprint density at radius 2 is 1.83 bits per heavy atom. The van der Waals surface area contributed by atoms with E-state index in [4.69, 9.17) is 4.74 Å². The van der Waals surface area contributed by atoms with Gasteiger partial charge >= 0.3 is 0 Å². The van der Waals surface area contributed by atoms with Crippen LogP contribution >= 0.6 is 0 Å². The highest BCUT2D eigenvalue weighted by Gasteiger charge is 2.44. The van der Waals surface area contributed by atoms with Gasteiger partial charge in [-0.3, -0.25) is 4.79 Å². The molecule has 0 radical (unpaired) electrons. The first-order chi connectivity index (χ1) is 14.0. The highest BCUT2D eigenvalue weighted by Crippen LogP contribution is 2.43. The fourth-order valence-electron chi connectivity index (χ4n) is 4.57. The van der Waals surface area contributed by atoms with Crippen molar-refractivity contribution in [3.05, 3.63) is 65.7 Å². The first kappa shape index (κ1) is 19.9. The Kier molecular flexibility index (Phi) is 5.61. The van der Waals surface area contributed by atoms with Crippen LogP contribution in [0.4, 0.5) is 5.69 Å². The second-order valence-electron chi connectivity index (χ2n) is 8.53. The van der Waals surface area contributed by atoms with Crippen molar-refractivity contribution in [2.45, 2.75) is 43.5 Å². The summed E-state index contributed by atoms with van der Waals surface area (Å²) >= 11 is 0. The second kappa shape index (κ2) is 8.17. The van der Waals surface area contributed by atoms with Crippen molar-refractivity contribution < 1.29 is 14.6 Å². The summed E-state index contributed by atoms with van der Waals surface area (Å²) in [5.74, 6) is 0.0690. The minimum absolute atomic E-state index is 0.0690. The van der Waals surface area contributed by atoms with E-state index in [1.807, 2.05) is 66.4 Å². The lowest BCUT2D eigenvalue weighted by Crippen LogP contribution is -2.52. The lowest BCUT2D eigenvalue weighted by atomic mass is 9.81. The molecule has 4 rings (SSSR count). The number of ether oxygens (including phenoxy) is 1. The van der Waals surface area contributed by atoms with Gasteiger partial charge in [-0.05, 0) is 36.6 Å². The van der Waals surface area contributed by atoms with E-state index in [2.05, 4.69) is 12.1 Å². The molecule has 1 amide bonds. The zero-order chi connectivity index (χ0) is 20.4. The van der Waals surface area contributed by atoms with Crippen molar-refractivity contribution in [2.75, 3.05) is 32.1 Å². The summed E-state index contributed by atoms with van der Waals surface area (Å²) < 4.78 is 6.55. The van der Waals surface area contributed by atoms with Gasteiger partial charge in [0.2, 0.25) is 0 Å². The van der Waals surface area contributed by atoms with Crippen LogP contribution in [0.5, 0.6) is 0 Å². The molecule has 5 nitrogen and oxygen atoms in total. The van der Waals surface area contributed by atoms with E-state index in [0.717, 1.165) is 29.7 Å². The van der Waals surface area contributed by atoms with E-state index in [0.29, 0.717) is 25.9 Å². The number of piperidine rings is 1. The van der Waals surface area contributed by atoms with Gasteiger partial charge in [0.05, 0.1) is 17.8 Å². The molecule has 2 heterocycles. The third-order valence-corrected chi connectivity index (χ3v) is 6.23. The van der Waals surface area contributed by atoms with Crippen LogP contribution in [0.15, 0.2) is 54.6 Å². The molecule has 2 atom stereocenters. The van der Waals surface area contributed by atoms with Crippen LogP contribution in [-0.4, -0.2) is 54.8 Å². The zero-order valence-corrected chi connectivity index (χ0v) is 17.3. The van der Waals surface area contributed by atoms with Crippen molar-refractivity contribution in [3.63, 3.8) is 0 Å². The molecule has 0 aromatic heterocycles. The number of aliphatic hydroxyl groups is 1. The van der Waals surface area contributed by atoms with Crippen molar-refractivity contribution >= 4 is 11.6 Å². The van der Waals surface area contributed by atoms with Crippen molar-refractivity contribution in [1.29, 1.82) is 0 Å². The second-order valence-corrected chi connectivity index (χ2v) is 8.53. The van der Waals surface area contributed by atoms with E-state index < -0.39 is 0 Å². The summed E-state index contributed by atoms with van der Waals surface area (Å²) in [5, 5.41) is 10.5. The van der Waals surface area contributed by atoms with Gasteiger partial charge in [0.15, 0.2) is 0 Å². The molecule has 2 aromatic rings. The first-order valence-electron chi connectivity index (χ1n) is 10.4. The molecule has 0 unspecified atom stereocenters. The number of likely N-dealkylation sites (tertiary alicyclic amines) is 1. The lowest BCUT2D eigenvalue weighted by Gasteiger charge is -2.48. The number of hydrogen-bond acceptors (Lipinski definition) is 4. The average Bonchev–Trinajstić information content (AvgIpc) is 2.74. The molecule has 0 aliphatic carbocycles. The number of amides is 1. The Bertz CT molecular complexity index is 844. The van der Waals surface area contributed by atoms with Gasteiger partial charge in [-0.15, -0.1) is 0 Å². The highest BCUT2D eigenvalue weighted by molar-refractivity contribution is 5.95. The summed E-state index contributed by atoms with van der Waals surface area (Å²) in [6.45, 7) is 1.30. The fraction of sp³-hybridized carbons (Fsp3) is 0.458. The molecule has 2 aliphatic rings. The maximum atomic E-state index is 13.0. The van der Waals surface area contributed by atoms with Gasteiger partial charge < -0.3 is 19.6 Å². The summed E-state index contributed by atoms with van der Waals surface area (Å²) in [6, 6.07) is 17.9. The number of benzene rings is 2. The number of carbonyl (C=O) groups is 1. The summed E-state index contributed by atoms with van der Waals surface area (Å²) in [4.78, 5) is 16.9. The van der Waals surface area contributed by atoms with Crippen LogP contribution < -0.4 is 4.90 Å². The highest BCUT2D eigenvalue weighted by atomic mass is 16.5. The van der Waals surface area contributed by atoms with E-state index in [-0.39, 0.29) is 23.7 Å². The zero-order valence-electron chi connectivity index (χ0n) is 17.3. The quantitative estimate of drug-likeness (QED) is 0.864. The molecule has 29 heavy (non-hydrogen) atoms. The smallest absolute Gasteiger partial charge is 0.253 e. The molecule has 2 fully saturated rings. The molecular weight excluding hydrogens is 364 g/mol. The maximum Gasteiger partial charge on any atom is 0.253 e. The van der Waals surface area contributed by atoms with Gasteiger partial charge in [-0.1, -0.05) is 36.4 Å². The van der Waals surface area contributed by atoms with E-state index in [1.165, 1.54) is 0 Å². The number of anilines is 1. The van der Waals surface area contributed by atoms with E-state index in [9.17, 15) is 9.90 Å². The molecule has 1 spiro atoms. The third-order valence-electron chi connectivity index (χ3n) is 6.23. The van der Waals surface area contributed by atoms with Crippen LogP contribution in [0.25, 0.3) is 0 Å². The Morgan fingerprint density at radius 1 is 1.10 bits per heavy atom. The van der Waals surface area contributed by atoms with Crippen molar-refractivity contribution in [3.8, 4) is 0 Å². The molecule has 1 N–H and O–H groups in total. The number of rotatable bonds is 3. The lowest BCUT2D eigenvalue weighted by molar-refractivity contribution is -0.181. The van der Waals surface area contributed by atoms with Crippen LogP contribution in [0.1, 0.15) is 47.7 Å². The third kappa shape index (κ3) is 4.31. The number of hydrogen-bond donors (Lipinski definition) is 1. The van der Waals surface area contributed by atoms with E-state index >= 15 is 0 Å². The predicted octanol–water partition coefficient (Wildman–Crippen LogP) is 3.64. The van der Waals surface area contributed by atoms with Gasteiger partial charge in [-0.2, -0.15) is 0 Å². The number of carbonyl (C=O) groups excluding carboxylic acids is 1. The standard InChI is InChI=1S/C24H30N2O3/c1-25(2)20-10-6-9-19(15-20)23(28)26-13-11-24(12-14-26)17-21(27)16-22(29-24)18-7-4-3-5-8-18/h3-10,15,21-22,27H,11-14,16-17H2,1-2H3/t21-,22+/m0/s1. The largest absolute Gasteiger partial charge is 0.393 e. The number of aliphatic hydroxyl groups excluding tert-OH is 1. The normalized spacial score (nSPS) is 23.8. The van der Waals surface area contributed by atoms with Gasteiger partial charge in [0.1, 0.15) is 0 Å². The Labute approximate surface area is 172 Å². The molecule has 0 bridgehead atoms. The van der Waals surface area contributed by atoms with Crippen LogP contribution in [0, 0.1) is 0 Å². The Balaban J connectivity index is 1.44. The first-order valence-corrected chi connectivity index (χ1v) is 10.4. The fourth-order valence-corrected chi connectivity index (χ4v) is 4.57. The molecule has 2 saturated heterocycles. The van der Waals surface area contributed by atoms with E-state index in [1.54, 1.807) is 0 Å². The molecule has 154 valence electrons. The Hall–Kier alpha value is -2.37. The van der Waals surface area contributed by atoms with Crippen molar-refractivity contribution in [2.24, 2.45) is 0 Å². The van der Waals surface area contributed by atoms with Crippen LogP contribution in [-0.2, 0) is 4.74 Å². The SMILES string of the molecule is CN(C)c1cccc(C(=O)N2CCC3(CC2)C[C@@H](O)C[C@H](c2ccccc2)O3)c1. The average molecular weight is 395 g/mol. The molecule has 2 aliphatic heterocycles. The van der Waals surface area contributed by atoms with Gasteiger partial charge in [0, 0.05) is 51.3 Å². The minimum atomic E-state index is -0.368. The van der Waals surface area contributed by atoms with Crippen LogP contribution in [0.2, 0.25) is 0 Å². The summed E-state index contributed by atoms with van der Waals surface area (Å²) in [6.07, 6.45) is 2.34. The molecule has 2 aromatic carbocycles. The van der Waals surface area contributed by atoms with Crippen molar-refractivity contribution in [1.82, 2.24) is 4.90 Å². The number of nitrogens with zero attached hydrogens (tertiary/aromatic N) is 2. The Morgan fingerprint density at radius 3 is 2.52 bits per heavy atom. The molecule has 0 saturated carbocycles. The maximum absolute atomic E-state index is 13.0. The molecule has 5 heteroatoms. The molecular formula is C24H30N2O3. The summed E-state index contributed by atoms with van der Waals surface area (Å²) in [7, 11) is 3.95. The monoisotopic (exact) mass is 394 g/mol. The van der Waals surface area contributed by atoms with Gasteiger partial charge in [0.25, 0.3) is 5.91 Å². The van der Waals surface area contributed by atoms with Gasteiger partial charge in [-0.25, -0.2) is 0 Å². The predicted molar refractivity (Wildman–Crippen MR) is 114 cm³/mol. The summed E-state index contributed by atoms with van der Waals surface area (Å²) in [5.41, 5.74) is 2.51. The van der Waals surface area contributed by atoms with Crippen LogP contribution in [0.3, 0.4) is 0 Å².